The molecule has 0 atom stereocenters. The van der Waals surface area contributed by atoms with Crippen molar-refractivity contribution in [2.24, 2.45) is 0 Å². The van der Waals surface area contributed by atoms with Crippen LogP contribution in [-0.2, 0) is 6.18 Å². The zero-order valence-electron chi connectivity index (χ0n) is 37.3. The molecule has 0 N–H and O–H groups in total. The second-order valence-electron chi connectivity index (χ2n) is 17.4. The van der Waals surface area contributed by atoms with Crippen molar-refractivity contribution in [1.29, 1.82) is 5.26 Å². The minimum atomic E-state index is -4.68. The number of rotatable bonds is 7. The second kappa shape index (κ2) is 16.7. The molecular formula is C63H37F3N4. The summed E-state index contributed by atoms with van der Waals surface area (Å²) in [6.45, 7) is 8.74. The fraction of sp³-hybridized carbons (Fsp3) is 0.0159. The molecule has 330 valence electrons. The van der Waals surface area contributed by atoms with E-state index in [2.05, 4.69) is 135 Å². The summed E-state index contributed by atoms with van der Waals surface area (Å²) >= 11 is 0. The van der Waals surface area contributed by atoms with E-state index in [1.54, 1.807) is 0 Å². The van der Waals surface area contributed by atoms with E-state index < -0.39 is 11.7 Å². The Kier molecular flexibility index (Phi) is 10.0. The Labute approximate surface area is 401 Å². The summed E-state index contributed by atoms with van der Waals surface area (Å²) in [7, 11) is 0. The van der Waals surface area contributed by atoms with Gasteiger partial charge in [0.25, 0.3) is 0 Å². The van der Waals surface area contributed by atoms with Crippen molar-refractivity contribution in [1.82, 2.24) is 9.13 Å². The molecule has 0 amide bonds. The summed E-state index contributed by atoms with van der Waals surface area (Å²) in [4.78, 5) is 4.10. The Morgan fingerprint density at radius 2 is 0.743 bits per heavy atom. The largest absolute Gasteiger partial charge is 0.416 e. The average molecular weight is 907 g/mol. The Morgan fingerprint density at radius 1 is 0.386 bits per heavy atom. The molecule has 7 heteroatoms. The molecule has 0 fully saturated rings. The molecule has 0 unspecified atom stereocenters. The molecule has 0 aliphatic rings. The maximum atomic E-state index is 14.2. The number of halogens is 3. The predicted octanol–water partition coefficient (Wildman–Crippen LogP) is 17.7. The minimum absolute atomic E-state index is 0.180. The van der Waals surface area contributed by atoms with E-state index in [1.165, 1.54) is 6.07 Å². The molecule has 12 aromatic rings. The smallest absolute Gasteiger partial charge is 0.308 e. The SMILES string of the molecule is [C-]#[N+]c1cc(-n2c3cc(-c4ccccc4)ccc3c3ccc(-c4ccccc4)cc32)c(-n2c3cc(-c4ccccc4)ccc3c3ccc(-c4ccccc4)cc32)cc1-c1ccc(C(F)(F)F)cc1C#N. The molecule has 0 bridgehead atoms. The highest BCUT2D eigenvalue weighted by atomic mass is 19.4. The van der Waals surface area contributed by atoms with E-state index in [0.29, 0.717) is 16.9 Å². The van der Waals surface area contributed by atoms with Crippen LogP contribution in [0.15, 0.2) is 224 Å². The predicted molar refractivity (Wildman–Crippen MR) is 278 cm³/mol. The van der Waals surface area contributed by atoms with Gasteiger partial charge in [0.15, 0.2) is 5.69 Å². The Balaban J connectivity index is 1.26. The summed E-state index contributed by atoms with van der Waals surface area (Å²) in [6, 6.07) is 75.6. The third kappa shape index (κ3) is 7.08. The van der Waals surface area contributed by atoms with Crippen LogP contribution in [0.4, 0.5) is 18.9 Å². The van der Waals surface area contributed by atoms with Gasteiger partial charge in [0, 0.05) is 21.5 Å². The van der Waals surface area contributed by atoms with Crippen LogP contribution in [0.5, 0.6) is 0 Å². The Bertz CT molecular complexity index is 3910. The molecule has 2 aromatic heterocycles. The van der Waals surface area contributed by atoms with Crippen molar-refractivity contribution in [3.63, 3.8) is 0 Å². The van der Waals surface area contributed by atoms with Gasteiger partial charge in [0.05, 0.1) is 57.2 Å². The Hall–Kier alpha value is -9.43. The van der Waals surface area contributed by atoms with Crippen LogP contribution >= 0.6 is 0 Å². The van der Waals surface area contributed by atoms with Crippen molar-refractivity contribution in [2.75, 3.05) is 0 Å². The maximum Gasteiger partial charge on any atom is 0.416 e. The standard InChI is InChI=1S/C63H37F3N4/c1-68-56-38-62(70-59-35-46(42-18-10-4-11-19-42)24-29-53(59)54-30-25-47(36-60(54)70)43-20-12-5-13-21-43)61(37-55(56)50-31-26-49(63(64,65)66)32-48(50)39-67)69-57-33-44(40-14-6-2-7-15-40)22-27-51(57)52-28-23-45(34-58(52)69)41-16-8-3-9-17-41/h2-38H. The van der Waals surface area contributed by atoms with Gasteiger partial charge < -0.3 is 9.13 Å². The zero-order chi connectivity index (χ0) is 47.5. The first-order chi connectivity index (χ1) is 34.2. The fourth-order valence-electron chi connectivity index (χ4n) is 10.1. The van der Waals surface area contributed by atoms with E-state index in [4.69, 9.17) is 6.57 Å². The third-order valence-corrected chi connectivity index (χ3v) is 13.4. The number of benzene rings is 10. The number of hydrogen-bond acceptors (Lipinski definition) is 1. The topological polar surface area (TPSA) is 38.0 Å². The lowest BCUT2D eigenvalue weighted by Gasteiger charge is -2.21. The van der Waals surface area contributed by atoms with Gasteiger partial charge in [0.2, 0.25) is 0 Å². The first-order valence-corrected chi connectivity index (χ1v) is 22.8. The van der Waals surface area contributed by atoms with Crippen LogP contribution in [0.25, 0.3) is 115 Å². The van der Waals surface area contributed by atoms with Gasteiger partial charge in [-0.05, 0) is 104 Å². The molecule has 0 saturated carbocycles. The molecular weight excluding hydrogens is 870 g/mol. The van der Waals surface area contributed by atoms with E-state index in [0.717, 1.165) is 100 Å². The van der Waals surface area contributed by atoms with Crippen LogP contribution in [0.3, 0.4) is 0 Å². The maximum absolute atomic E-state index is 14.2. The zero-order valence-corrected chi connectivity index (χ0v) is 37.3. The van der Waals surface area contributed by atoms with Gasteiger partial charge >= 0.3 is 6.18 Å². The highest BCUT2D eigenvalue weighted by Crippen LogP contribution is 2.46. The molecule has 0 radical (unpaired) electrons. The molecule has 0 spiro atoms. The van der Waals surface area contributed by atoms with Crippen LogP contribution in [0.2, 0.25) is 0 Å². The summed E-state index contributed by atoms with van der Waals surface area (Å²) in [5, 5.41) is 14.5. The quantitative estimate of drug-likeness (QED) is 0.147. The number of fused-ring (bicyclic) bond motifs is 6. The number of hydrogen-bond donors (Lipinski definition) is 0. The molecule has 2 heterocycles. The van der Waals surface area contributed by atoms with Gasteiger partial charge in [-0.3, -0.25) is 0 Å². The normalized spacial score (nSPS) is 11.6. The summed E-state index contributed by atoms with van der Waals surface area (Å²) < 4.78 is 47.1. The average Bonchev–Trinajstić information content (AvgIpc) is 3.92. The number of nitrogens with zero attached hydrogens (tertiary/aromatic N) is 4. The van der Waals surface area contributed by atoms with Crippen LogP contribution in [-0.4, -0.2) is 9.13 Å². The first kappa shape index (κ1) is 42.0. The molecule has 0 aliphatic carbocycles. The van der Waals surface area contributed by atoms with Crippen molar-refractivity contribution in [2.45, 2.75) is 6.18 Å². The molecule has 10 aromatic carbocycles. The van der Waals surface area contributed by atoms with Crippen LogP contribution in [0.1, 0.15) is 11.1 Å². The molecule has 0 aliphatic heterocycles. The van der Waals surface area contributed by atoms with E-state index >= 15 is 0 Å². The van der Waals surface area contributed by atoms with Gasteiger partial charge in [-0.15, -0.1) is 0 Å². The van der Waals surface area contributed by atoms with Crippen molar-refractivity contribution in [3.8, 4) is 73.1 Å². The number of nitriles is 1. The summed E-state index contributed by atoms with van der Waals surface area (Å²) in [6.07, 6.45) is -4.68. The highest BCUT2D eigenvalue weighted by Gasteiger charge is 2.32. The molecule has 4 nitrogen and oxygen atoms in total. The van der Waals surface area contributed by atoms with Gasteiger partial charge in [-0.1, -0.05) is 176 Å². The lowest BCUT2D eigenvalue weighted by atomic mass is 9.95. The lowest BCUT2D eigenvalue weighted by Crippen LogP contribution is -2.06. The van der Waals surface area contributed by atoms with Crippen molar-refractivity contribution in [3.05, 3.63) is 247 Å². The van der Waals surface area contributed by atoms with E-state index in [1.807, 2.05) is 91.0 Å². The Morgan fingerprint density at radius 3 is 1.07 bits per heavy atom. The van der Waals surface area contributed by atoms with Gasteiger partial charge in [0.1, 0.15) is 0 Å². The lowest BCUT2D eigenvalue weighted by molar-refractivity contribution is -0.137. The highest BCUT2D eigenvalue weighted by molar-refractivity contribution is 6.14. The monoisotopic (exact) mass is 906 g/mol. The van der Waals surface area contributed by atoms with Crippen LogP contribution < -0.4 is 0 Å². The van der Waals surface area contributed by atoms with E-state index in [-0.39, 0.29) is 16.8 Å². The van der Waals surface area contributed by atoms with Crippen LogP contribution in [0, 0.1) is 17.9 Å². The molecule has 70 heavy (non-hydrogen) atoms. The summed E-state index contributed by atoms with van der Waals surface area (Å²) in [5.41, 5.74) is 12.6. The third-order valence-electron chi connectivity index (χ3n) is 13.4. The van der Waals surface area contributed by atoms with Gasteiger partial charge in [-0.2, -0.15) is 18.4 Å². The van der Waals surface area contributed by atoms with Crippen molar-refractivity contribution >= 4 is 49.3 Å². The number of alkyl halides is 3. The molecule has 0 saturated heterocycles. The first-order valence-electron chi connectivity index (χ1n) is 22.8. The second-order valence-corrected chi connectivity index (χ2v) is 17.4. The van der Waals surface area contributed by atoms with Crippen molar-refractivity contribution < 1.29 is 13.2 Å². The molecule has 12 rings (SSSR count). The fourth-order valence-corrected chi connectivity index (χ4v) is 10.1. The number of aromatic nitrogens is 2. The minimum Gasteiger partial charge on any atom is -0.308 e. The van der Waals surface area contributed by atoms with Gasteiger partial charge in [-0.25, -0.2) is 4.85 Å². The van der Waals surface area contributed by atoms with E-state index in [9.17, 15) is 18.4 Å². The summed E-state index contributed by atoms with van der Waals surface area (Å²) in [5.74, 6) is 0.